The Hall–Kier alpha value is -2.09. The third kappa shape index (κ3) is 6.51. The van der Waals surface area contributed by atoms with Gasteiger partial charge in [0, 0.05) is 11.4 Å². The Kier molecular flexibility index (Phi) is 8.48. The lowest BCUT2D eigenvalue weighted by molar-refractivity contribution is -0.117. The predicted octanol–water partition coefficient (Wildman–Crippen LogP) is 3.84. The molecule has 0 fully saturated rings. The monoisotopic (exact) mass is 425 g/mol. The van der Waals surface area contributed by atoms with Gasteiger partial charge in [-0.25, -0.2) is 8.42 Å². The van der Waals surface area contributed by atoms with Gasteiger partial charge in [0.2, 0.25) is 5.91 Å². The number of rotatable bonds is 7. The van der Waals surface area contributed by atoms with Crippen molar-refractivity contribution in [3.8, 4) is 0 Å². The molecule has 0 heterocycles. The zero-order chi connectivity index (χ0) is 20.2. The smallest absolute Gasteiger partial charge is 0.262 e. The Bertz CT molecular complexity index is 930. The SMILES string of the molecule is Cc1cccc(NS(=O)(=O)c2cc(NC(=O)[C@@H](N)CC(C)C)ccc2C)c1.Cl. The summed E-state index contributed by atoms with van der Waals surface area (Å²) in [6, 6.07) is 11.3. The maximum absolute atomic E-state index is 12.8. The minimum Gasteiger partial charge on any atom is -0.325 e. The molecule has 0 aliphatic heterocycles. The first-order valence-corrected chi connectivity index (χ1v) is 10.3. The highest BCUT2D eigenvalue weighted by Gasteiger charge is 2.20. The summed E-state index contributed by atoms with van der Waals surface area (Å²) in [5.41, 5.74) is 8.31. The minimum atomic E-state index is -3.79. The third-order valence-corrected chi connectivity index (χ3v) is 5.60. The Morgan fingerprint density at radius 1 is 1.07 bits per heavy atom. The van der Waals surface area contributed by atoms with Crippen LogP contribution >= 0.6 is 12.4 Å². The van der Waals surface area contributed by atoms with Gasteiger partial charge in [-0.2, -0.15) is 0 Å². The molecule has 8 heteroatoms. The Morgan fingerprint density at radius 3 is 2.36 bits per heavy atom. The molecule has 0 unspecified atom stereocenters. The van der Waals surface area contributed by atoms with Crippen LogP contribution in [0.4, 0.5) is 11.4 Å². The second-order valence-electron chi connectivity index (χ2n) is 7.18. The fraction of sp³-hybridized carbons (Fsp3) is 0.350. The fourth-order valence-corrected chi connectivity index (χ4v) is 4.06. The summed E-state index contributed by atoms with van der Waals surface area (Å²) in [5, 5.41) is 2.70. The molecule has 6 nitrogen and oxygen atoms in total. The number of nitrogens with two attached hydrogens (primary N) is 1. The molecular weight excluding hydrogens is 398 g/mol. The number of carbonyl (C=O) groups is 1. The average molecular weight is 426 g/mol. The van der Waals surface area contributed by atoms with Crippen LogP contribution in [0.3, 0.4) is 0 Å². The molecule has 0 spiro atoms. The van der Waals surface area contributed by atoms with Crippen LogP contribution in [0.15, 0.2) is 47.4 Å². The highest BCUT2D eigenvalue weighted by atomic mass is 35.5. The summed E-state index contributed by atoms with van der Waals surface area (Å²) in [6.45, 7) is 7.57. The molecule has 0 saturated heterocycles. The van der Waals surface area contributed by atoms with Crippen LogP contribution in [0, 0.1) is 19.8 Å². The largest absolute Gasteiger partial charge is 0.325 e. The zero-order valence-electron chi connectivity index (χ0n) is 16.5. The van der Waals surface area contributed by atoms with E-state index in [1.54, 1.807) is 37.3 Å². The summed E-state index contributed by atoms with van der Waals surface area (Å²) < 4.78 is 28.2. The number of amides is 1. The highest BCUT2D eigenvalue weighted by molar-refractivity contribution is 7.92. The second kappa shape index (κ2) is 9.91. The van der Waals surface area contributed by atoms with Gasteiger partial charge < -0.3 is 11.1 Å². The Balaban J connectivity index is 0.00000392. The van der Waals surface area contributed by atoms with Crippen molar-refractivity contribution >= 4 is 39.7 Å². The molecule has 0 bridgehead atoms. The lowest BCUT2D eigenvalue weighted by atomic mass is 10.0. The molecule has 0 aromatic heterocycles. The van der Waals surface area contributed by atoms with Crippen LogP contribution in [0.5, 0.6) is 0 Å². The minimum absolute atomic E-state index is 0. The van der Waals surface area contributed by atoms with Crippen molar-refractivity contribution in [3.05, 3.63) is 53.6 Å². The summed E-state index contributed by atoms with van der Waals surface area (Å²) >= 11 is 0. The van der Waals surface area contributed by atoms with Gasteiger partial charge in [-0.3, -0.25) is 9.52 Å². The van der Waals surface area contributed by atoms with Crippen molar-refractivity contribution < 1.29 is 13.2 Å². The molecule has 0 radical (unpaired) electrons. The Labute approximate surface area is 173 Å². The third-order valence-electron chi connectivity index (χ3n) is 4.08. The van der Waals surface area contributed by atoms with Gasteiger partial charge in [-0.05, 0) is 61.6 Å². The van der Waals surface area contributed by atoms with Crippen LogP contribution in [-0.4, -0.2) is 20.4 Å². The topological polar surface area (TPSA) is 101 Å². The number of hydrogen-bond donors (Lipinski definition) is 3. The van der Waals surface area contributed by atoms with E-state index in [2.05, 4.69) is 10.0 Å². The molecule has 1 atom stereocenters. The van der Waals surface area contributed by atoms with Crippen LogP contribution in [0.25, 0.3) is 0 Å². The molecular formula is C20H28ClN3O3S. The number of anilines is 2. The lowest BCUT2D eigenvalue weighted by Gasteiger charge is -2.16. The van der Waals surface area contributed by atoms with Crippen molar-refractivity contribution in [2.75, 3.05) is 10.0 Å². The number of carbonyl (C=O) groups excluding carboxylic acids is 1. The molecule has 0 aliphatic rings. The van der Waals surface area contributed by atoms with Crippen molar-refractivity contribution in [2.24, 2.45) is 11.7 Å². The molecule has 2 aromatic rings. The molecule has 0 saturated carbocycles. The van der Waals surface area contributed by atoms with Crippen LogP contribution in [0.1, 0.15) is 31.4 Å². The summed E-state index contributed by atoms with van der Waals surface area (Å²) in [4.78, 5) is 12.3. The molecule has 2 rings (SSSR count). The van der Waals surface area contributed by atoms with E-state index < -0.39 is 16.1 Å². The standard InChI is InChI=1S/C20H27N3O3S.ClH/c1-13(2)10-18(21)20(24)22-16-9-8-15(4)19(12-16)27(25,26)23-17-7-5-6-14(3)11-17;/h5-9,11-13,18,23H,10,21H2,1-4H3,(H,22,24);1H/t18-;/m0./s1. The number of benzene rings is 2. The van der Waals surface area contributed by atoms with Crippen molar-refractivity contribution in [1.29, 1.82) is 0 Å². The van der Waals surface area contributed by atoms with Gasteiger partial charge in [0.1, 0.15) is 0 Å². The molecule has 4 N–H and O–H groups in total. The molecule has 28 heavy (non-hydrogen) atoms. The first-order chi connectivity index (χ1) is 12.6. The molecule has 0 aliphatic carbocycles. The summed E-state index contributed by atoms with van der Waals surface area (Å²) in [6.07, 6.45) is 0.553. The number of halogens is 1. The van der Waals surface area contributed by atoms with E-state index in [0.29, 0.717) is 29.3 Å². The van der Waals surface area contributed by atoms with Crippen LogP contribution < -0.4 is 15.8 Å². The lowest BCUT2D eigenvalue weighted by Crippen LogP contribution is -2.36. The summed E-state index contributed by atoms with van der Waals surface area (Å²) in [7, 11) is -3.79. The first-order valence-electron chi connectivity index (χ1n) is 8.85. The normalized spacial score (nSPS) is 12.2. The van der Waals surface area contributed by atoms with Gasteiger partial charge in [0.15, 0.2) is 0 Å². The molecule has 154 valence electrons. The van der Waals surface area contributed by atoms with Crippen LogP contribution in [0.2, 0.25) is 0 Å². The fourth-order valence-electron chi connectivity index (χ4n) is 2.74. The average Bonchev–Trinajstić information content (AvgIpc) is 2.55. The van der Waals surface area contributed by atoms with Gasteiger partial charge >= 0.3 is 0 Å². The van der Waals surface area contributed by atoms with Crippen molar-refractivity contribution in [3.63, 3.8) is 0 Å². The molecule has 1 amide bonds. The van der Waals surface area contributed by atoms with Gasteiger partial charge in [-0.1, -0.05) is 32.0 Å². The van der Waals surface area contributed by atoms with Gasteiger partial charge in [0.05, 0.1) is 10.9 Å². The van der Waals surface area contributed by atoms with E-state index in [1.807, 2.05) is 26.8 Å². The van der Waals surface area contributed by atoms with Crippen molar-refractivity contribution in [1.82, 2.24) is 0 Å². The van der Waals surface area contributed by atoms with Gasteiger partial charge in [0.25, 0.3) is 10.0 Å². The van der Waals surface area contributed by atoms with E-state index in [9.17, 15) is 13.2 Å². The zero-order valence-corrected chi connectivity index (χ0v) is 18.2. The van der Waals surface area contributed by atoms with E-state index in [-0.39, 0.29) is 23.2 Å². The highest BCUT2D eigenvalue weighted by Crippen LogP contribution is 2.23. The molecule has 2 aromatic carbocycles. The maximum Gasteiger partial charge on any atom is 0.262 e. The van der Waals surface area contributed by atoms with E-state index >= 15 is 0 Å². The van der Waals surface area contributed by atoms with Crippen LogP contribution in [-0.2, 0) is 14.8 Å². The quantitative estimate of drug-likeness (QED) is 0.627. The number of aryl methyl sites for hydroxylation is 2. The number of hydrogen-bond acceptors (Lipinski definition) is 4. The first kappa shape index (κ1) is 23.9. The van der Waals surface area contributed by atoms with E-state index in [1.165, 1.54) is 6.07 Å². The maximum atomic E-state index is 12.8. The van der Waals surface area contributed by atoms with E-state index in [4.69, 9.17) is 5.73 Å². The van der Waals surface area contributed by atoms with E-state index in [0.717, 1.165) is 5.56 Å². The Morgan fingerprint density at radius 2 is 1.75 bits per heavy atom. The summed E-state index contributed by atoms with van der Waals surface area (Å²) in [5.74, 6) is -0.0409. The second-order valence-corrected chi connectivity index (χ2v) is 8.83. The predicted molar refractivity (Wildman–Crippen MR) is 116 cm³/mol. The van der Waals surface area contributed by atoms with Gasteiger partial charge in [-0.15, -0.1) is 12.4 Å². The number of nitrogens with one attached hydrogen (secondary N) is 2. The van der Waals surface area contributed by atoms with Crippen molar-refractivity contribution in [2.45, 2.75) is 45.1 Å². The number of sulfonamides is 1.